The predicted octanol–water partition coefficient (Wildman–Crippen LogP) is 1.91. The molecular formula is C20H33N3O2. The van der Waals surface area contributed by atoms with Crippen LogP contribution in [0.2, 0.25) is 0 Å². The molecule has 0 amide bonds. The molecule has 2 heterocycles. The maximum absolute atomic E-state index is 10.4. The zero-order valence-electron chi connectivity index (χ0n) is 15.7. The number of piperazine rings is 1. The standard InChI is InChI=1S/C20H33N3O2/c1-17-7-9-21(10-8-17)15-19(24)16-22-11-13-23(14-12-22)18-3-5-20(25-2)6-4-18/h3-6,17,19,24H,7-16H2,1-2H3. The number of ether oxygens (including phenoxy) is 1. The molecule has 5 heteroatoms. The third-order valence-electron chi connectivity index (χ3n) is 5.62. The highest BCUT2D eigenvalue weighted by Gasteiger charge is 2.22. The Morgan fingerprint density at radius 1 is 0.960 bits per heavy atom. The van der Waals surface area contributed by atoms with Gasteiger partial charge in [0.15, 0.2) is 0 Å². The third-order valence-corrected chi connectivity index (χ3v) is 5.62. The average Bonchev–Trinajstić information content (AvgIpc) is 2.64. The minimum Gasteiger partial charge on any atom is -0.497 e. The van der Waals surface area contributed by atoms with Gasteiger partial charge in [0.2, 0.25) is 0 Å². The van der Waals surface area contributed by atoms with Gasteiger partial charge in [-0.05, 0) is 56.1 Å². The van der Waals surface area contributed by atoms with Crippen molar-refractivity contribution in [2.24, 2.45) is 5.92 Å². The Morgan fingerprint density at radius 3 is 2.08 bits per heavy atom. The molecule has 0 aromatic heterocycles. The van der Waals surface area contributed by atoms with Crippen molar-refractivity contribution in [3.05, 3.63) is 24.3 Å². The van der Waals surface area contributed by atoms with Crippen molar-refractivity contribution in [3.8, 4) is 5.75 Å². The first-order valence-electron chi connectivity index (χ1n) is 9.66. The van der Waals surface area contributed by atoms with E-state index in [1.807, 2.05) is 12.1 Å². The number of nitrogens with zero attached hydrogens (tertiary/aromatic N) is 3. The lowest BCUT2D eigenvalue weighted by molar-refractivity contribution is 0.0597. The van der Waals surface area contributed by atoms with Crippen LogP contribution in [0.25, 0.3) is 0 Å². The number of piperidine rings is 1. The highest BCUT2D eigenvalue weighted by Crippen LogP contribution is 2.21. The molecule has 140 valence electrons. The molecule has 2 aliphatic heterocycles. The largest absolute Gasteiger partial charge is 0.497 e. The van der Waals surface area contributed by atoms with E-state index in [2.05, 4.69) is 33.8 Å². The van der Waals surface area contributed by atoms with Crippen LogP contribution in [0, 0.1) is 5.92 Å². The summed E-state index contributed by atoms with van der Waals surface area (Å²) < 4.78 is 5.23. The van der Waals surface area contributed by atoms with Crippen LogP contribution in [0.4, 0.5) is 5.69 Å². The topological polar surface area (TPSA) is 39.2 Å². The monoisotopic (exact) mass is 347 g/mol. The molecule has 1 atom stereocenters. The summed E-state index contributed by atoms with van der Waals surface area (Å²) in [6.45, 7) is 10.3. The summed E-state index contributed by atoms with van der Waals surface area (Å²) in [5.74, 6) is 1.75. The van der Waals surface area contributed by atoms with Crippen molar-refractivity contribution in [3.63, 3.8) is 0 Å². The summed E-state index contributed by atoms with van der Waals surface area (Å²) in [6.07, 6.45) is 2.31. The first kappa shape index (κ1) is 18.5. The van der Waals surface area contributed by atoms with E-state index in [0.29, 0.717) is 0 Å². The number of β-amino-alcohol motifs (C(OH)–C–C–N with tert-alkyl or cyclic N) is 1. The molecule has 25 heavy (non-hydrogen) atoms. The molecule has 0 aliphatic carbocycles. The number of benzene rings is 1. The summed E-state index contributed by atoms with van der Waals surface area (Å²) >= 11 is 0. The van der Waals surface area contributed by atoms with Gasteiger partial charge in [0.1, 0.15) is 5.75 Å². The summed E-state index contributed by atoms with van der Waals surface area (Å²) in [7, 11) is 1.70. The molecule has 2 saturated heterocycles. The van der Waals surface area contributed by atoms with Crippen molar-refractivity contribution >= 4 is 5.69 Å². The van der Waals surface area contributed by atoms with Crippen molar-refractivity contribution in [1.82, 2.24) is 9.80 Å². The van der Waals surface area contributed by atoms with Crippen LogP contribution in [-0.4, -0.2) is 80.5 Å². The zero-order valence-corrected chi connectivity index (χ0v) is 15.7. The Bertz CT molecular complexity index is 506. The van der Waals surface area contributed by atoms with Crippen LogP contribution in [0.3, 0.4) is 0 Å². The molecule has 1 aromatic rings. The number of rotatable bonds is 6. The van der Waals surface area contributed by atoms with Crippen LogP contribution < -0.4 is 9.64 Å². The molecule has 0 saturated carbocycles. The van der Waals surface area contributed by atoms with Gasteiger partial charge in [-0.25, -0.2) is 0 Å². The lowest BCUT2D eigenvalue weighted by Crippen LogP contribution is -2.50. The van der Waals surface area contributed by atoms with E-state index < -0.39 is 0 Å². The second kappa shape index (κ2) is 8.88. The maximum Gasteiger partial charge on any atom is 0.119 e. The van der Waals surface area contributed by atoms with Gasteiger partial charge >= 0.3 is 0 Å². The molecule has 1 N–H and O–H groups in total. The number of methoxy groups -OCH3 is 1. The molecular weight excluding hydrogens is 314 g/mol. The smallest absolute Gasteiger partial charge is 0.119 e. The summed E-state index contributed by atoms with van der Waals surface area (Å²) in [5.41, 5.74) is 1.25. The van der Waals surface area contributed by atoms with Crippen molar-refractivity contribution in [2.45, 2.75) is 25.9 Å². The second-order valence-electron chi connectivity index (χ2n) is 7.62. The number of likely N-dealkylation sites (tertiary alicyclic amines) is 1. The first-order chi connectivity index (χ1) is 12.1. The molecule has 2 fully saturated rings. The Hall–Kier alpha value is -1.30. The van der Waals surface area contributed by atoms with Crippen LogP contribution in [0.5, 0.6) is 5.75 Å². The van der Waals surface area contributed by atoms with E-state index in [1.54, 1.807) is 7.11 Å². The fraction of sp³-hybridized carbons (Fsp3) is 0.700. The Morgan fingerprint density at radius 2 is 1.52 bits per heavy atom. The molecule has 5 nitrogen and oxygen atoms in total. The highest BCUT2D eigenvalue weighted by molar-refractivity contribution is 5.49. The SMILES string of the molecule is COc1ccc(N2CCN(CC(O)CN3CCC(C)CC3)CC2)cc1. The Kier molecular flexibility index (Phi) is 6.57. The second-order valence-corrected chi connectivity index (χ2v) is 7.62. The molecule has 1 aromatic carbocycles. The Labute approximate surface area is 152 Å². The van der Waals surface area contributed by atoms with Gasteiger partial charge in [-0.15, -0.1) is 0 Å². The van der Waals surface area contributed by atoms with Crippen molar-refractivity contribution < 1.29 is 9.84 Å². The van der Waals surface area contributed by atoms with E-state index >= 15 is 0 Å². The van der Waals surface area contributed by atoms with Crippen LogP contribution in [0.1, 0.15) is 19.8 Å². The average molecular weight is 348 g/mol. The van der Waals surface area contributed by atoms with E-state index in [-0.39, 0.29) is 6.10 Å². The molecule has 0 bridgehead atoms. The van der Waals surface area contributed by atoms with Gasteiger partial charge in [0.25, 0.3) is 0 Å². The zero-order chi connectivity index (χ0) is 17.6. The predicted molar refractivity (Wildman–Crippen MR) is 102 cm³/mol. The number of hydrogen-bond donors (Lipinski definition) is 1. The fourth-order valence-electron chi connectivity index (χ4n) is 3.88. The van der Waals surface area contributed by atoms with Gasteiger partial charge in [-0.1, -0.05) is 6.92 Å². The number of hydrogen-bond acceptors (Lipinski definition) is 5. The van der Waals surface area contributed by atoms with Gasteiger partial charge in [0.05, 0.1) is 13.2 Å². The van der Waals surface area contributed by atoms with Crippen LogP contribution >= 0.6 is 0 Å². The summed E-state index contributed by atoms with van der Waals surface area (Å²) in [4.78, 5) is 7.24. The summed E-state index contributed by atoms with van der Waals surface area (Å²) in [5, 5.41) is 10.4. The normalized spacial score (nSPS) is 22.1. The van der Waals surface area contributed by atoms with Gasteiger partial charge in [0, 0.05) is 45.0 Å². The van der Waals surface area contributed by atoms with Gasteiger partial charge < -0.3 is 19.6 Å². The van der Waals surface area contributed by atoms with E-state index in [9.17, 15) is 5.11 Å². The molecule has 0 radical (unpaired) electrons. The number of aliphatic hydroxyl groups excluding tert-OH is 1. The van der Waals surface area contributed by atoms with Crippen LogP contribution in [-0.2, 0) is 0 Å². The van der Waals surface area contributed by atoms with E-state index in [1.165, 1.54) is 18.5 Å². The Balaban J connectivity index is 1.39. The molecule has 0 spiro atoms. The lowest BCUT2D eigenvalue weighted by atomic mass is 9.99. The summed E-state index contributed by atoms with van der Waals surface area (Å²) in [6, 6.07) is 8.29. The van der Waals surface area contributed by atoms with Crippen LogP contribution in [0.15, 0.2) is 24.3 Å². The quantitative estimate of drug-likeness (QED) is 0.851. The molecule has 2 aliphatic rings. The molecule has 1 unspecified atom stereocenters. The highest BCUT2D eigenvalue weighted by atomic mass is 16.5. The van der Waals surface area contributed by atoms with E-state index in [4.69, 9.17) is 4.74 Å². The fourth-order valence-corrected chi connectivity index (χ4v) is 3.88. The lowest BCUT2D eigenvalue weighted by Gasteiger charge is -2.38. The minimum atomic E-state index is -0.235. The van der Waals surface area contributed by atoms with E-state index in [0.717, 1.165) is 64.0 Å². The third kappa shape index (κ3) is 5.33. The maximum atomic E-state index is 10.4. The first-order valence-corrected chi connectivity index (χ1v) is 9.66. The molecule has 3 rings (SSSR count). The van der Waals surface area contributed by atoms with Gasteiger partial charge in [-0.2, -0.15) is 0 Å². The van der Waals surface area contributed by atoms with Gasteiger partial charge in [-0.3, -0.25) is 4.90 Å². The number of aliphatic hydroxyl groups is 1. The minimum absolute atomic E-state index is 0.235. The van der Waals surface area contributed by atoms with Crippen molar-refractivity contribution in [1.29, 1.82) is 0 Å². The van der Waals surface area contributed by atoms with Crippen molar-refractivity contribution in [2.75, 3.05) is 64.4 Å². The number of anilines is 1.